The molecule has 1 fully saturated rings. The summed E-state index contributed by atoms with van der Waals surface area (Å²) >= 11 is 1.56. The Morgan fingerprint density at radius 3 is 2.81 bits per heavy atom. The van der Waals surface area contributed by atoms with Crippen LogP contribution in [0.3, 0.4) is 0 Å². The molecule has 6 heteroatoms. The van der Waals surface area contributed by atoms with E-state index in [-0.39, 0.29) is 5.91 Å². The van der Waals surface area contributed by atoms with Gasteiger partial charge in [0, 0.05) is 25.4 Å². The molecule has 2 heterocycles. The molecule has 21 heavy (non-hydrogen) atoms. The fourth-order valence-electron chi connectivity index (χ4n) is 2.88. The van der Waals surface area contributed by atoms with Gasteiger partial charge in [-0.25, -0.2) is 4.98 Å². The molecule has 0 unspecified atom stereocenters. The van der Waals surface area contributed by atoms with Gasteiger partial charge in [-0.05, 0) is 51.7 Å². The Morgan fingerprint density at radius 1 is 1.52 bits per heavy atom. The minimum atomic E-state index is 0.0565. The lowest BCUT2D eigenvalue weighted by atomic mass is 9.93. The first-order valence-corrected chi connectivity index (χ1v) is 8.67. The van der Waals surface area contributed by atoms with Crippen LogP contribution >= 0.6 is 11.3 Å². The van der Waals surface area contributed by atoms with Gasteiger partial charge >= 0.3 is 0 Å². The highest BCUT2D eigenvalue weighted by atomic mass is 32.1. The summed E-state index contributed by atoms with van der Waals surface area (Å²) < 4.78 is 0. The van der Waals surface area contributed by atoms with Gasteiger partial charge in [0.05, 0.1) is 5.69 Å². The zero-order valence-corrected chi connectivity index (χ0v) is 13.9. The van der Waals surface area contributed by atoms with E-state index in [9.17, 15) is 4.79 Å². The van der Waals surface area contributed by atoms with Crippen molar-refractivity contribution in [2.75, 3.05) is 31.1 Å². The number of anilines is 1. The smallest absolute Gasteiger partial charge is 0.225 e. The average molecular weight is 310 g/mol. The van der Waals surface area contributed by atoms with Gasteiger partial charge in [-0.3, -0.25) is 14.6 Å². The Kier molecular flexibility index (Phi) is 6.14. The largest absolute Gasteiger partial charge is 0.330 e. The van der Waals surface area contributed by atoms with Gasteiger partial charge in [0.1, 0.15) is 0 Å². The SMILES string of the molecule is CCN(C(C)=O)c1nc(CN2CCC(CCN)CC2)cs1. The van der Waals surface area contributed by atoms with Crippen molar-refractivity contribution in [1.82, 2.24) is 9.88 Å². The number of nitrogens with two attached hydrogens (primary N) is 1. The van der Waals surface area contributed by atoms with Crippen LogP contribution in [0, 0.1) is 5.92 Å². The number of nitrogens with zero attached hydrogens (tertiary/aromatic N) is 3. The zero-order valence-electron chi connectivity index (χ0n) is 13.0. The molecule has 0 saturated carbocycles. The molecule has 1 aliphatic heterocycles. The molecule has 1 amide bonds. The molecule has 118 valence electrons. The molecule has 1 saturated heterocycles. The molecule has 0 aromatic carbocycles. The summed E-state index contributed by atoms with van der Waals surface area (Å²) in [7, 11) is 0. The molecule has 2 N–H and O–H groups in total. The summed E-state index contributed by atoms with van der Waals surface area (Å²) in [5.74, 6) is 0.853. The third kappa shape index (κ3) is 4.49. The third-order valence-corrected chi connectivity index (χ3v) is 5.05. The van der Waals surface area contributed by atoms with Gasteiger partial charge in [-0.2, -0.15) is 0 Å². The number of hydrogen-bond donors (Lipinski definition) is 1. The molecular weight excluding hydrogens is 284 g/mol. The Morgan fingerprint density at radius 2 is 2.24 bits per heavy atom. The lowest BCUT2D eigenvalue weighted by Gasteiger charge is -2.31. The number of amides is 1. The summed E-state index contributed by atoms with van der Waals surface area (Å²) in [5, 5.41) is 2.89. The quantitative estimate of drug-likeness (QED) is 0.874. The predicted octanol–water partition coefficient (Wildman–Crippen LogP) is 2.08. The minimum Gasteiger partial charge on any atom is -0.330 e. The molecule has 5 nitrogen and oxygen atoms in total. The van der Waals surface area contributed by atoms with Crippen LogP contribution in [0.25, 0.3) is 0 Å². The Labute approximate surface area is 131 Å². The van der Waals surface area contributed by atoms with Gasteiger partial charge in [0.2, 0.25) is 5.91 Å². The van der Waals surface area contributed by atoms with Crippen molar-refractivity contribution in [3.05, 3.63) is 11.1 Å². The second-order valence-electron chi connectivity index (χ2n) is 5.68. The highest BCUT2D eigenvalue weighted by molar-refractivity contribution is 7.14. The van der Waals surface area contributed by atoms with Crippen LogP contribution < -0.4 is 10.6 Å². The van der Waals surface area contributed by atoms with Gasteiger partial charge in [-0.1, -0.05) is 0 Å². The van der Waals surface area contributed by atoms with Crippen LogP contribution in [0.5, 0.6) is 0 Å². The van der Waals surface area contributed by atoms with E-state index < -0.39 is 0 Å². The molecule has 0 radical (unpaired) electrons. The Balaban J connectivity index is 1.87. The second kappa shape index (κ2) is 7.87. The summed E-state index contributed by atoms with van der Waals surface area (Å²) in [5.41, 5.74) is 6.71. The number of piperidine rings is 1. The van der Waals surface area contributed by atoms with E-state index in [0.29, 0.717) is 6.54 Å². The van der Waals surface area contributed by atoms with Crippen LogP contribution in [0.1, 0.15) is 38.8 Å². The summed E-state index contributed by atoms with van der Waals surface area (Å²) in [4.78, 5) is 20.3. The number of thiazole rings is 1. The Hall–Kier alpha value is -0.980. The van der Waals surface area contributed by atoms with E-state index in [0.717, 1.165) is 49.3 Å². The highest BCUT2D eigenvalue weighted by Gasteiger charge is 2.20. The van der Waals surface area contributed by atoms with Crippen LogP contribution in [0.15, 0.2) is 5.38 Å². The number of carbonyl (C=O) groups is 1. The molecule has 1 aliphatic rings. The zero-order chi connectivity index (χ0) is 15.2. The van der Waals surface area contributed by atoms with Crippen molar-refractivity contribution in [1.29, 1.82) is 0 Å². The molecule has 0 bridgehead atoms. The van der Waals surface area contributed by atoms with E-state index in [1.165, 1.54) is 12.8 Å². The van der Waals surface area contributed by atoms with E-state index in [1.54, 1.807) is 23.2 Å². The van der Waals surface area contributed by atoms with E-state index in [4.69, 9.17) is 5.73 Å². The van der Waals surface area contributed by atoms with Crippen molar-refractivity contribution in [2.24, 2.45) is 11.7 Å². The first kappa shape index (κ1) is 16.4. The maximum atomic E-state index is 11.5. The number of aromatic nitrogens is 1. The highest BCUT2D eigenvalue weighted by Crippen LogP contribution is 2.24. The van der Waals surface area contributed by atoms with Crippen LogP contribution in [-0.2, 0) is 11.3 Å². The topological polar surface area (TPSA) is 62.5 Å². The Bertz CT molecular complexity index is 454. The van der Waals surface area contributed by atoms with Crippen molar-refractivity contribution >= 4 is 22.4 Å². The van der Waals surface area contributed by atoms with Gasteiger partial charge < -0.3 is 5.73 Å². The summed E-state index contributed by atoms with van der Waals surface area (Å²) in [6.07, 6.45) is 3.63. The van der Waals surface area contributed by atoms with E-state index in [1.807, 2.05) is 6.92 Å². The molecule has 0 atom stereocenters. The van der Waals surface area contributed by atoms with Crippen molar-refractivity contribution in [3.8, 4) is 0 Å². The number of hydrogen-bond acceptors (Lipinski definition) is 5. The van der Waals surface area contributed by atoms with Crippen molar-refractivity contribution < 1.29 is 4.79 Å². The lowest BCUT2D eigenvalue weighted by molar-refractivity contribution is -0.116. The van der Waals surface area contributed by atoms with Gasteiger partial charge in [0.15, 0.2) is 5.13 Å². The molecule has 0 spiro atoms. The summed E-state index contributed by atoms with van der Waals surface area (Å²) in [6, 6.07) is 0. The summed E-state index contributed by atoms with van der Waals surface area (Å²) in [6.45, 7) is 8.19. The van der Waals surface area contributed by atoms with Gasteiger partial charge in [-0.15, -0.1) is 11.3 Å². The standard InChI is InChI=1S/C15H26N4OS/c1-3-19(12(2)20)15-17-14(11-21-15)10-18-8-5-13(4-7-16)6-9-18/h11,13H,3-10,16H2,1-2H3. The first-order chi connectivity index (χ1) is 10.1. The molecule has 2 rings (SSSR count). The maximum absolute atomic E-state index is 11.5. The first-order valence-electron chi connectivity index (χ1n) is 7.79. The van der Waals surface area contributed by atoms with E-state index >= 15 is 0 Å². The maximum Gasteiger partial charge on any atom is 0.225 e. The average Bonchev–Trinajstić information content (AvgIpc) is 2.90. The monoisotopic (exact) mass is 310 g/mol. The van der Waals surface area contributed by atoms with E-state index in [2.05, 4.69) is 15.3 Å². The van der Waals surface area contributed by atoms with Crippen LogP contribution in [0.2, 0.25) is 0 Å². The normalized spacial score (nSPS) is 17.1. The van der Waals surface area contributed by atoms with Crippen molar-refractivity contribution in [2.45, 2.75) is 39.7 Å². The predicted molar refractivity (Wildman–Crippen MR) is 87.5 cm³/mol. The fourth-order valence-corrected chi connectivity index (χ4v) is 3.81. The molecular formula is C15H26N4OS. The van der Waals surface area contributed by atoms with Crippen LogP contribution in [-0.4, -0.2) is 42.0 Å². The number of likely N-dealkylation sites (tertiary alicyclic amines) is 1. The molecule has 1 aromatic rings. The van der Waals surface area contributed by atoms with Crippen molar-refractivity contribution in [3.63, 3.8) is 0 Å². The lowest BCUT2D eigenvalue weighted by Crippen LogP contribution is -2.34. The fraction of sp³-hybridized carbons (Fsp3) is 0.733. The third-order valence-electron chi connectivity index (χ3n) is 4.13. The number of carbonyl (C=O) groups excluding carboxylic acids is 1. The number of rotatable bonds is 6. The molecule has 0 aliphatic carbocycles. The minimum absolute atomic E-state index is 0.0565. The van der Waals surface area contributed by atoms with Gasteiger partial charge in [0.25, 0.3) is 0 Å². The second-order valence-corrected chi connectivity index (χ2v) is 6.52. The van der Waals surface area contributed by atoms with Crippen LogP contribution in [0.4, 0.5) is 5.13 Å². The molecule has 1 aromatic heterocycles.